The third-order valence-electron chi connectivity index (χ3n) is 2.05. The van der Waals surface area contributed by atoms with Crippen molar-refractivity contribution in [2.45, 2.75) is 19.8 Å². The van der Waals surface area contributed by atoms with E-state index in [1.807, 2.05) is 6.07 Å². The van der Waals surface area contributed by atoms with Gasteiger partial charge in [0.05, 0.1) is 12.2 Å². The molecule has 0 fully saturated rings. The molecule has 0 unspecified atom stereocenters. The average molecular weight is 281 g/mol. The van der Waals surface area contributed by atoms with Crippen molar-refractivity contribution >= 4 is 21.7 Å². The molecular formula is C13H13BrO2. The second kappa shape index (κ2) is 6.34. The largest absolute Gasteiger partial charge is 0.493 e. The third-order valence-corrected chi connectivity index (χ3v) is 2.54. The lowest BCUT2D eigenvalue weighted by molar-refractivity contribution is 0.101. The van der Waals surface area contributed by atoms with E-state index in [1.54, 1.807) is 12.1 Å². The lowest BCUT2D eigenvalue weighted by Gasteiger charge is -2.09. The minimum Gasteiger partial charge on any atom is -0.493 e. The van der Waals surface area contributed by atoms with Crippen LogP contribution in [-0.4, -0.2) is 12.4 Å². The van der Waals surface area contributed by atoms with E-state index in [2.05, 4.69) is 21.9 Å². The summed E-state index contributed by atoms with van der Waals surface area (Å²) >= 11 is 3.34. The number of unbranched alkanes of at least 4 members (excludes halogenated alkanes) is 1. The van der Waals surface area contributed by atoms with Crippen LogP contribution >= 0.6 is 15.9 Å². The van der Waals surface area contributed by atoms with Gasteiger partial charge in [-0.1, -0.05) is 15.9 Å². The molecule has 0 bridgehead atoms. The fourth-order valence-electron chi connectivity index (χ4n) is 1.26. The SMILES string of the molecule is C#CCCCOc1cc(Br)ccc1C(C)=O. The van der Waals surface area contributed by atoms with Crippen LogP contribution < -0.4 is 4.74 Å². The van der Waals surface area contributed by atoms with Crippen LogP contribution in [0.1, 0.15) is 30.1 Å². The van der Waals surface area contributed by atoms with Gasteiger partial charge in [-0.25, -0.2) is 0 Å². The Kier molecular flexibility index (Phi) is 5.07. The molecular weight excluding hydrogens is 268 g/mol. The first kappa shape index (κ1) is 12.8. The number of rotatable bonds is 5. The summed E-state index contributed by atoms with van der Waals surface area (Å²) in [6.45, 7) is 2.05. The molecule has 0 N–H and O–H groups in total. The van der Waals surface area contributed by atoms with Crippen LogP contribution in [0.5, 0.6) is 5.75 Å². The summed E-state index contributed by atoms with van der Waals surface area (Å²) < 4.78 is 6.43. The Morgan fingerprint density at radius 2 is 2.31 bits per heavy atom. The van der Waals surface area contributed by atoms with Crippen LogP contribution in [0.2, 0.25) is 0 Å². The number of hydrogen-bond donors (Lipinski definition) is 0. The number of benzene rings is 1. The first-order chi connectivity index (χ1) is 7.65. The van der Waals surface area contributed by atoms with E-state index in [9.17, 15) is 4.79 Å². The Morgan fingerprint density at radius 3 is 2.94 bits per heavy atom. The molecule has 1 rings (SSSR count). The Hall–Kier alpha value is -1.27. The fraction of sp³-hybridized carbons (Fsp3) is 0.308. The van der Waals surface area contributed by atoms with Gasteiger partial charge in [0, 0.05) is 10.9 Å². The molecule has 0 spiro atoms. The van der Waals surface area contributed by atoms with Gasteiger partial charge >= 0.3 is 0 Å². The molecule has 1 aromatic rings. The number of hydrogen-bond acceptors (Lipinski definition) is 2. The van der Waals surface area contributed by atoms with Crippen LogP contribution in [0.25, 0.3) is 0 Å². The fourth-order valence-corrected chi connectivity index (χ4v) is 1.60. The van der Waals surface area contributed by atoms with Crippen molar-refractivity contribution in [3.05, 3.63) is 28.2 Å². The Balaban J connectivity index is 2.73. The molecule has 0 aliphatic rings. The average Bonchev–Trinajstić information content (AvgIpc) is 2.24. The smallest absolute Gasteiger partial charge is 0.163 e. The molecule has 2 nitrogen and oxygen atoms in total. The number of Topliss-reactive ketones (excluding diaryl/α,β-unsaturated/α-hetero) is 1. The van der Waals surface area contributed by atoms with Crippen LogP contribution in [0.3, 0.4) is 0 Å². The zero-order chi connectivity index (χ0) is 12.0. The molecule has 0 aliphatic heterocycles. The maximum Gasteiger partial charge on any atom is 0.163 e. The molecule has 0 radical (unpaired) electrons. The zero-order valence-corrected chi connectivity index (χ0v) is 10.7. The summed E-state index contributed by atoms with van der Waals surface area (Å²) in [4.78, 5) is 11.3. The summed E-state index contributed by atoms with van der Waals surface area (Å²) in [7, 11) is 0. The van der Waals surface area contributed by atoms with Crippen LogP contribution in [0, 0.1) is 12.3 Å². The normalized spacial score (nSPS) is 9.56. The summed E-state index contributed by atoms with van der Waals surface area (Å²) in [6.07, 6.45) is 6.62. The molecule has 1 aromatic carbocycles. The highest BCUT2D eigenvalue weighted by atomic mass is 79.9. The number of halogens is 1. The molecule has 0 heterocycles. The monoisotopic (exact) mass is 280 g/mol. The van der Waals surface area contributed by atoms with Crippen LogP contribution in [0.15, 0.2) is 22.7 Å². The lowest BCUT2D eigenvalue weighted by Crippen LogP contribution is -2.02. The minimum absolute atomic E-state index is 0.000509. The van der Waals surface area contributed by atoms with Crippen molar-refractivity contribution in [1.82, 2.24) is 0 Å². The molecule has 0 amide bonds. The second-order valence-electron chi connectivity index (χ2n) is 3.35. The van der Waals surface area contributed by atoms with E-state index in [1.165, 1.54) is 6.92 Å². The maximum atomic E-state index is 11.3. The number of ether oxygens (including phenoxy) is 1. The van der Waals surface area contributed by atoms with Gasteiger partial charge in [0.1, 0.15) is 5.75 Å². The molecule has 16 heavy (non-hydrogen) atoms. The highest BCUT2D eigenvalue weighted by molar-refractivity contribution is 9.10. The van der Waals surface area contributed by atoms with Crippen LogP contribution in [-0.2, 0) is 0 Å². The summed E-state index contributed by atoms with van der Waals surface area (Å²) in [5.74, 6) is 3.16. The predicted molar refractivity (Wildman–Crippen MR) is 67.7 cm³/mol. The van der Waals surface area contributed by atoms with Gasteiger partial charge in [0.25, 0.3) is 0 Å². The third kappa shape index (κ3) is 3.71. The topological polar surface area (TPSA) is 26.3 Å². The molecule has 84 valence electrons. The Labute approximate surface area is 104 Å². The van der Waals surface area contributed by atoms with Gasteiger partial charge in [0.15, 0.2) is 5.78 Å². The molecule has 0 saturated heterocycles. The van der Waals surface area contributed by atoms with Crippen molar-refractivity contribution in [2.24, 2.45) is 0 Å². The first-order valence-corrected chi connectivity index (χ1v) is 5.81. The number of carbonyl (C=O) groups is 1. The van der Waals surface area contributed by atoms with Crippen molar-refractivity contribution in [3.63, 3.8) is 0 Å². The van der Waals surface area contributed by atoms with E-state index in [0.29, 0.717) is 24.3 Å². The Bertz CT molecular complexity index is 418. The lowest BCUT2D eigenvalue weighted by atomic mass is 10.1. The molecule has 0 saturated carbocycles. The summed E-state index contributed by atoms with van der Waals surface area (Å²) in [5, 5.41) is 0. The van der Waals surface area contributed by atoms with Crippen LogP contribution in [0.4, 0.5) is 0 Å². The van der Waals surface area contributed by atoms with Gasteiger partial charge in [-0.15, -0.1) is 12.3 Å². The Morgan fingerprint density at radius 1 is 1.56 bits per heavy atom. The molecule has 3 heteroatoms. The van der Waals surface area contributed by atoms with Gasteiger partial charge < -0.3 is 4.74 Å². The van der Waals surface area contributed by atoms with E-state index < -0.39 is 0 Å². The van der Waals surface area contributed by atoms with Gasteiger partial charge in [-0.2, -0.15) is 0 Å². The van der Waals surface area contributed by atoms with Gasteiger partial charge in [0.2, 0.25) is 0 Å². The van der Waals surface area contributed by atoms with E-state index in [-0.39, 0.29) is 5.78 Å². The zero-order valence-electron chi connectivity index (χ0n) is 9.13. The standard InChI is InChI=1S/C13H13BrO2/c1-3-4-5-8-16-13-9-11(14)6-7-12(13)10(2)15/h1,6-7,9H,4-5,8H2,2H3. The molecule has 0 aromatic heterocycles. The van der Waals surface area contributed by atoms with Gasteiger partial charge in [-0.05, 0) is 31.5 Å². The van der Waals surface area contributed by atoms with Crippen molar-refractivity contribution in [1.29, 1.82) is 0 Å². The summed E-state index contributed by atoms with van der Waals surface area (Å²) in [5.41, 5.74) is 0.601. The molecule has 0 aliphatic carbocycles. The number of terminal acetylenes is 1. The van der Waals surface area contributed by atoms with Crippen molar-refractivity contribution in [2.75, 3.05) is 6.61 Å². The highest BCUT2D eigenvalue weighted by Crippen LogP contribution is 2.24. The van der Waals surface area contributed by atoms with E-state index >= 15 is 0 Å². The van der Waals surface area contributed by atoms with Gasteiger partial charge in [-0.3, -0.25) is 4.79 Å². The number of carbonyl (C=O) groups excluding carboxylic acids is 1. The van der Waals surface area contributed by atoms with Crippen molar-refractivity contribution < 1.29 is 9.53 Å². The van der Waals surface area contributed by atoms with E-state index in [4.69, 9.17) is 11.2 Å². The molecule has 0 atom stereocenters. The summed E-state index contributed by atoms with van der Waals surface area (Å²) in [6, 6.07) is 5.38. The van der Waals surface area contributed by atoms with E-state index in [0.717, 1.165) is 10.9 Å². The van der Waals surface area contributed by atoms with Crippen molar-refractivity contribution in [3.8, 4) is 18.1 Å². The maximum absolute atomic E-state index is 11.3. The highest BCUT2D eigenvalue weighted by Gasteiger charge is 2.08. The minimum atomic E-state index is -0.000509. The predicted octanol–water partition coefficient (Wildman–Crippen LogP) is 3.44. The second-order valence-corrected chi connectivity index (χ2v) is 4.27. The quantitative estimate of drug-likeness (QED) is 0.469. The first-order valence-electron chi connectivity index (χ1n) is 5.02. The number of ketones is 1.